The van der Waals surface area contributed by atoms with Gasteiger partial charge in [0.25, 0.3) is 0 Å². The summed E-state index contributed by atoms with van der Waals surface area (Å²) in [7, 11) is -3.59. The molecule has 1 aliphatic rings. The van der Waals surface area contributed by atoms with Crippen molar-refractivity contribution in [2.75, 3.05) is 17.1 Å². The van der Waals surface area contributed by atoms with Gasteiger partial charge in [-0.2, -0.15) is 0 Å². The van der Waals surface area contributed by atoms with E-state index in [9.17, 15) is 18.0 Å². The number of carbonyl (C=O) groups is 2. The van der Waals surface area contributed by atoms with Crippen molar-refractivity contribution in [2.24, 2.45) is 0 Å². The Morgan fingerprint density at radius 3 is 2.43 bits per heavy atom. The summed E-state index contributed by atoms with van der Waals surface area (Å²) in [5.41, 5.74) is 3.19. The van der Waals surface area contributed by atoms with E-state index in [2.05, 4.69) is 5.32 Å². The van der Waals surface area contributed by atoms with Gasteiger partial charge in [0.1, 0.15) is 6.04 Å². The van der Waals surface area contributed by atoms with Crippen LogP contribution in [-0.4, -0.2) is 50.0 Å². The Morgan fingerprint density at radius 1 is 1.11 bits per heavy atom. The summed E-state index contributed by atoms with van der Waals surface area (Å²) >= 11 is 6.23. The van der Waals surface area contributed by atoms with Crippen LogP contribution in [0.15, 0.2) is 42.5 Å². The number of hydrogen-bond donors (Lipinski definition) is 1. The van der Waals surface area contributed by atoms with Crippen molar-refractivity contribution < 1.29 is 18.0 Å². The molecule has 0 radical (unpaired) electrons. The fourth-order valence-electron chi connectivity index (χ4n) is 4.83. The van der Waals surface area contributed by atoms with E-state index < -0.39 is 16.1 Å². The average molecular weight is 548 g/mol. The zero-order valence-corrected chi connectivity index (χ0v) is 23.7. The Bertz CT molecular complexity index is 1210. The molecule has 7 nitrogen and oxygen atoms in total. The van der Waals surface area contributed by atoms with E-state index in [1.165, 1.54) is 4.31 Å². The smallest absolute Gasteiger partial charge is 0.242 e. The van der Waals surface area contributed by atoms with Crippen molar-refractivity contribution in [1.29, 1.82) is 0 Å². The number of sulfonamides is 1. The van der Waals surface area contributed by atoms with Crippen LogP contribution >= 0.6 is 11.6 Å². The lowest BCUT2D eigenvalue weighted by atomic mass is 10.1. The van der Waals surface area contributed by atoms with Crippen LogP contribution in [0.5, 0.6) is 0 Å². The lowest BCUT2D eigenvalue weighted by Gasteiger charge is -2.30. The molecule has 37 heavy (non-hydrogen) atoms. The Morgan fingerprint density at radius 2 is 1.78 bits per heavy atom. The molecule has 0 heterocycles. The third-order valence-electron chi connectivity index (χ3n) is 6.96. The predicted octanol–water partition coefficient (Wildman–Crippen LogP) is 4.98. The fraction of sp³-hybridized carbons (Fsp3) is 0.500. The van der Waals surface area contributed by atoms with E-state index in [1.807, 2.05) is 31.2 Å². The summed E-state index contributed by atoms with van der Waals surface area (Å²) in [5, 5.41) is 3.59. The number of aryl methyl sites for hydroxylation is 1. The maximum atomic E-state index is 13.5. The molecule has 2 aromatic rings. The normalized spacial score (nSPS) is 14.8. The molecule has 1 saturated carbocycles. The second-order valence-electron chi connectivity index (χ2n) is 10.00. The topological polar surface area (TPSA) is 86.8 Å². The lowest BCUT2D eigenvalue weighted by Crippen LogP contribution is -2.49. The number of rotatable bonds is 11. The molecular formula is C28H38ClN3O4S. The van der Waals surface area contributed by atoms with Crippen LogP contribution in [0.1, 0.15) is 62.1 Å². The van der Waals surface area contributed by atoms with Crippen molar-refractivity contribution in [3.8, 4) is 0 Å². The van der Waals surface area contributed by atoms with Crippen LogP contribution in [0.3, 0.4) is 0 Å². The van der Waals surface area contributed by atoms with Crippen LogP contribution in [0.25, 0.3) is 0 Å². The third-order valence-corrected chi connectivity index (χ3v) is 8.55. The molecule has 3 rings (SSSR count). The third kappa shape index (κ3) is 7.95. The molecule has 1 aliphatic carbocycles. The maximum absolute atomic E-state index is 13.5. The molecule has 0 spiro atoms. The number of nitrogens with one attached hydrogen (secondary N) is 1. The highest BCUT2D eigenvalue weighted by Gasteiger charge is 2.29. The van der Waals surface area contributed by atoms with Gasteiger partial charge < -0.3 is 10.2 Å². The van der Waals surface area contributed by atoms with Crippen molar-refractivity contribution in [2.45, 2.75) is 77.9 Å². The standard InChI is InChI=1S/C28H38ClN3O4S/c1-20-10-7-11-23(18-20)19-31(22(3)28(34)30-24-12-5-6-13-24)27(33)16-9-17-32(37(4,35)36)26-15-8-14-25(29)21(26)2/h7-8,10-11,14-15,18,22,24H,5-6,9,12-13,16-17,19H2,1-4H3,(H,30,34)/t22-/m0/s1. The number of hydrogen-bond acceptors (Lipinski definition) is 4. The van der Waals surface area contributed by atoms with Gasteiger partial charge in [-0.3, -0.25) is 13.9 Å². The summed E-state index contributed by atoms with van der Waals surface area (Å²) in [5.74, 6) is -0.341. The molecule has 202 valence electrons. The zero-order valence-electron chi connectivity index (χ0n) is 22.2. The summed E-state index contributed by atoms with van der Waals surface area (Å²) < 4.78 is 26.4. The molecule has 9 heteroatoms. The quantitative estimate of drug-likeness (QED) is 0.430. The molecule has 2 aromatic carbocycles. The summed E-state index contributed by atoms with van der Waals surface area (Å²) in [6, 6.07) is 12.5. The highest BCUT2D eigenvalue weighted by Crippen LogP contribution is 2.28. The average Bonchev–Trinajstić information content (AvgIpc) is 3.34. The van der Waals surface area contributed by atoms with Crippen molar-refractivity contribution in [1.82, 2.24) is 10.2 Å². The van der Waals surface area contributed by atoms with Gasteiger partial charge in [-0.15, -0.1) is 0 Å². The zero-order chi connectivity index (χ0) is 27.2. The molecule has 0 aromatic heterocycles. The van der Waals surface area contributed by atoms with Crippen LogP contribution in [-0.2, 0) is 26.2 Å². The highest BCUT2D eigenvalue weighted by atomic mass is 35.5. The summed E-state index contributed by atoms with van der Waals surface area (Å²) in [4.78, 5) is 28.1. The minimum Gasteiger partial charge on any atom is -0.352 e. The lowest BCUT2D eigenvalue weighted by molar-refractivity contribution is -0.141. The second-order valence-corrected chi connectivity index (χ2v) is 12.3. The molecule has 0 unspecified atom stereocenters. The van der Waals surface area contributed by atoms with Crippen molar-refractivity contribution in [3.05, 3.63) is 64.2 Å². The second kappa shape index (κ2) is 12.8. The molecule has 1 atom stereocenters. The minimum atomic E-state index is -3.59. The van der Waals surface area contributed by atoms with Crippen molar-refractivity contribution in [3.63, 3.8) is 0 Å². The monoisotopic (exact) mass is 547 g/mol. The maximum Gasteiger partial charge on any atom is 0.242 e. The molecule has 0 saturated heterocycles. The first-order chi connectivity index (χ1) is 17.5. The number of anilines is 1. The van der Waals surface area contributed by atoms with Gasteiger partial charge in [-0.1, -0.05) is 60.3 Å². The molecule has 0 aliphatic heterocycles. The van der Waals surface area contributed by atoms with Gasteiger partial charge in [-0.05, 0) is 63.3 Å². The largest absolute Gasteiger partial charge is 0.352 e. The van der Waals surface area contributed by atoms with Crippen LogP contribution < -0.4 is 9.62 Å². The molecule has 2 amide bonds. The fourth-order valence-corrected chi connectivity index (χ4v) is 6.02. The first-order valence-electron chi connectivity index (χ1n) is 12.9. The van der Waals surface area contributed by atoms with Crippen molar-refractivity contribution >= 4 is 39.1 Å². The van der Waals surface area contributed by atoms with E-state index in [0.717, 1.165) is 43.1 Å². The summed E-state index contributed by atoms with van der Waals surface area (Å²) in [6.07, 6.45) is 5.71. The predicted molar refractivity (Wildman–Crippen MR) is 149 cm³/mol. The van der Waals surface area contributed by atoms with Gasteiger partial charge in [0.05, 0.1) is 11.9 Å². The highest BCUT2D eigenvalue weighted by molar-refractivity contribution is 7.92. The van der Waals surface area contributed by atoms with E-state index in [1.54, 1.807) is 36.9 Å². The molecular weight excluding hydrogens is 510 g/mol. The van der Waals surface area contributed by atoms with Gasteiger partial charge in [0.15, 0.2) is 0 Å². The van der Waals surface area contributed by atoms with Gasteiger partial charge in [0.2, 0.25) is 21.8 Å². The van der Waals surface area contributed by atoms with E-state index in [-0.39, 0.29) is 30.8 Å². The molecule has 0 bridgehead atoms. The SMILES string of the molecule is Cc1cccc(CN(C(=O)CCCN(c2cccc(Cl)c2C)S(C)(=O)=O)[C@@H](C)C(=O)NC2CCCC2)c1. The minimum absolute atomic E-state index is 0.110. The Hall–Kier alpha value is -2.58. The summed E-state index contributed by atoms with van der Waals surface area (Å²) in [6.45, 7) is 5.96. The number of carbonyl (C=O) groups excluding carboxylic acids is 2. The van der Waals surface area contributed by atoms with Crippen LogP contribution in [0.2, 0.25) is 5.02 Å². The van der Waals surface area contributed by atoms with Crippen LogP contribution in [0, 0.1) is 13.8 Å². The van der Waals surface area contributed by atoms with E-state index in [4.69, 9.17) is 11.6 Å². The number of halogens is 1. The number of amides is 2. The first-order valence-corrected chi connectivity index (χ1v) is 15.1. The van der Waals surface area contributed by atoms with Gasteiger partial charge >= 0.3 is 0 Å². The Labute approximate surface area is 226 Å². The van der Waals surface area contributed by atoms with Gasteiger partial charge in [-0.25, -0.2) is 8.42 Å². The number of benzene rings is 2. The first kappa shape index (κ1) is 29.0. The Kier molecular flexibility index (Phi) is 10.0. The molecule has 1 N–H and O–H groups in total. The van der Waals surface area contributed by atoms with E-state index in [0.29, 0.717) is 29.2 Å². The van der Waals surface area contributed by atoms with Crippen LogP contribution in [0.4, 0.5) is 5.69 Å². The van der Waals surface area contributed by atoms with Gasteiger partial charge in [0, 0.05) is 30.6 Å². The number of nitrogens with zero attached hydrogens (tertiary/aromatic N) is 2. The van der Waals surface area contributed by atoms with E-state index >= 15 is 0 Å². The molecule has 1 fully saturated rings. The Balaban J connectivity index is 1.74.